The maximum absolute atomic E-state index is 13.2. The summed E-state index contributed by atoms with van der Waals surface area (Å²) in [6, 6.07) is 8.70. The number of methoxy groups -OCH3 is 2. The highest BCUT2D eigenvalue weighted by atomic mass is 16.5. The minimum Gasteiger partial charge on any atom is -0.493 e. The van der Waals surface area contributed by atoms with Gasteiger partial charge in [-0.1, -0.05) is 0 Å². The largest absolute Gasteiger partial charge is 0.493 e. The second kappa shape index (κ2) is 12.8. The van der Waals surface area contributed by atoms with Gasteiger partial charge in [0.05, 0.1) is 50.3 Å². The van der Waals surface area contributed by atoms with Crippen LogP contribution >= 0.6 is 0 Å². The third-order valence-electron chi connectivity index (χ3n) is 6.14. The quantitative estimate of drug-likeness (QED) is 0.184. The van der Waals surface area contributed by atoms with Crippen LogP contribution < -0.4 is 24.3 Å². The van der Waals surface area contributed by atoms with Gasteiger partial charge in [-0.3, -0.25) is 14.8 Å². The summed E-state index contributed by atoms with van der Waals surface area (Å²) in [5, 5.41) is 7.29. The van der Waals surface area contributed by atoms with Crippen molar-refractivity contribution in [2.75, 3.05) is 26.1 Å². The van der Waals surface area contributed by atoms with Crippen LogP contribution in [0.1, 0.15) is 41.2 Å². The number of allylic oxidation sites excluding steroid dienone is 1. The Balaban J connectivity index is 1.54. The molecule has 0 aliphatic heterocycles. The summed E-state index contributed by atoms with van der Waals surface area (Å²) in [5.41, 5.74) is 3.90. The van der Waals surface area contributed by atoms with Gasteiger partial charge < -0.3 is 24.3 Å². The fourth-order valence-corrected chi connectivity index (χ4v) is 4.21. The van der Waals surface area contributed by atoms with Crippen LogP contribution in [0.5, 0.6) is 23.0 Å². The van der Waals surface area contributed by atoms with Crippen LogP contribution in [-0.2, 0) is 0 Å². The number of carbonyl (C=O) groups excluding carboxylic acids is 1. The van der Waals surface area contributed by atoms with E-state index in [0.29, 0.717) is 52.4 Å². The van der Waals surface area contributed by atoms with Gasteiger partial charge in [0, 0.05) is 17.8 Å². The van der Waals surface area contributed by atoms with Crippen LogP contribution in [0.15, 0.2) is 60.0 Å². The molecule has 212 valence electrons. The summed E-state index contributed by atoms with van der Waals surface area (Å²) in [6.45, 7) is 11.5. The molecule has 0 saturated carbocycles. The van der Waals surface area contributed by atoms with Gasteiger partial charge in [0.15, 0.2) is 22.9 Å². The van der Waals surface area contributed by atoms with Crippen LogP contribution in [0, 0.1) is 13.8 Å². The minimum absolute atomic E-state index is 0.130. The molecule has 3 aromatic heterocycles. The summed E-state index contributed by atoms with van der Waals surface area (Å²) in [7, 11) is 3.11. The molecule has 4 aromatic rings. The lowest BCUT2D eigenvalue weighted by Crippen LogP contribution is -2.15. The first kappa shape index (κ1) is 28.8. The zero-order valence-corrected chi connectivity index (χ0v) is 23.9. The van der Waals surface area contributed by atoms with E-state index in [0.717, 1.165) is 16.9 Å². The average molecular weight is 557 g/mol. The summed E-state index contributed by atoms with van der Waals surface area (Å²) < 4.78 is 24.2. The highest BCUT2D eigenvalue weighted by molar-refractivity contribution is 6.04. The maximum atomic E-state index is 13.2. The van der Waals surface area contributed by atoms with Crippen molar-refractivity contribution in [3.8, 4) is 28.7 Å². The molecular formula is C30H32N6O5. The number of nitrogens with one attached hydrogen (secondary N) is 1. The zero-order chi connectivity index (χ0) is 29.5. The fraction of sp³-hybridized carbons (Fsp3) is 0.233. The van der Waals surface area contributed by atoms with Crippen molar-refractivity contribution in [2.24, 2.45) is 4.99 Å². The van der Waals surface area contributed by atoms with Gasteiger partial charge in [0.25, 0.3) is 5.91 Å². The molecular weight excluding hydrogens is 524 g/mol. The first-order valence-electron chi connectivity index (χ1n) is 12.8. The van der Waals surface area contributed by atoms with Gasteiger partial charge in [-0.05, 0) is 70.3 Å². The molecule has 0 saturated heterocycles. The second-order valence-corrected chi connectivity index (χ2v) is 8.75. The number of benzene rings is 1. The minimum atomic E-state index is -0.464. The van der Waals surface area contributed by atoms with E-state index in [1.807, 2.05) is 33.8 Å². The monoisotopic (exact) mass is 556 g/mol. The van der Waals surface area contributed by atoms with Crippen molar-refractivity contribution in [2.45, 2.75) is 27.7 Å². The first-order chi connectivity index (χ1) is 19.8. The van der Waals surface area contributed by atoms with E-state index < -0.39 is 5.91 Å². The Morgan fingerprint density at radius 3 is 2.46 bits per heavy atom. The Labute approximate surface area is 238 Å². The molecule has 3 heterocycles. The van der Waals surface area contributed by atoms with Gasteiger partial charge in [-0.25, -0.2) is 9.67 Å². The number of pyridine rings is 2. The van der Waals surface area contributed by atoms with E-state index in [4.69, 9.17) is 18.9 Å². The fourth-order valence-electron chi connectivity index (χ4n) is 4.21. The molecule has 0 spiro atoms. The number of ether oxygens (including phenoxy) is 4. The summed E-state index contributed by atoms with van der Waals surface area (Å²) in [4.78, 5) is 26.0. The third kappa shape index (κ3) is 6.19. The lowest BCUT2D eigenvalue weighted by Gasteiger charge is -2.15. The van der Waals surface area contributed by atoms with Crippen molar-refractivity contribution >= 4 is 29.9 Å². The van der Waals surface area contributed by atoms with E-state index >= 15 is 0 Å². The smallest absolute Gasteiger partial charge is 0.281 e. The number of rotatable bonds is 11. The van der Waals surface area contributed by atoms with Crippen LogP contribution in [0.2, 0.25) is 0 Å². The zero-order valence-electron chi connectivity index (χ0n) is 23.9. The van der Waals surface area contributed by atoms with Gasteiger partial charge in [0.2, 0.25) is 0 Å². The molecule has 0 aliphatic rings. The van der Waals surface area contributed by atoms with Gasteiger partial charge in [-0.2, -0.15) is 5.10 Å². The Kier molecular flexibility index (Phi) is 8.98. The van der Waals surface area contributed by atoms with E-state index in [9.17, 15) is 4.79 Å². The molecule has 0 radical (unpaired) electrons. The molecule has 0 atom stereocenters. The predicted molar refractivity (Wildman–Crippen MR) is 157 cm³/mol. The Morgan fingerprint density at radius 2 is 1.85 bits per heavy atom. The molecule has 0 fully saturated rings. The lowest BCUT2D eigenvalue weighted by atomic mass is 10.1. The highest BCUT2D eigenvalue weighted by Crippen LogP contribution is 2.38. The van der Waals surface area contributed by atoms with Crippen LogP contribution in [0.4, 0.5) is 11.5 Å². The third-order valence-corrected chi connectivity index (χ3v) is 6.14. The van der Waals surface area contributed by atoms with Crippen LogP contribution in [0.25, 0.3) is 11.4 Å². The number of hydrogen-bond acceptors (Lipinski definition) is 9. The van der Waals surface area contributed by atoms with E-state index in [1.54, 1.807) is 61.6 Å². The molecule has 0 aliphatic carbocycles. The molecule has 4 rings (SSSR count). The number of hydrogen-bond donors (Lipinski definition) is 1. The molecule has 0 unspecified atom stereocenters. The molecule has 1 amide bonds. The summed E-state index contributed by atoms with van der Waals surface area (Å²) in [5.74, 6) is 2.22. The van der Waals surface area contributed by atoms with Crippen molar-refractivity contribution in [1.82, 2.24) is 19.7 Å². The van der Waals surface area contributed by atoms with Crippen molar-refractivity contribution in [3.05, 3.63) is 77.5 Å². The number of aromatic nitrogens is 4. The lowest BCUT2D eigenvalue weighted by molar-refractivity contribution is 0.101. The average Bonchev–Trinajstić information content (AvgIpc) is 3.39. The van der Waals surface area contributed by atoms with Gasteiger partial charge in [-0.15, -0.1) is 0 Å². The SMILES string of the molecule is C=Nc1cc(OC)c(OC)cc1/C(=C\C)Oc1ccc(NC(=O)c2nn(-c3c(C)ccnc3C)cc2OCC)nc1. The Bertz CT molecular complexity index is 1570. The number of carbonyl (C=O) groups is 1. The molecule has 11 heteroatoms. The Morgan fingerprint density at radius 1 is 1.10 bits per heavy atom. The summed E-state index contributed by atoms with van der Waals surface area (Å²) >= 11 is 0. The van der Waals surface area contributed by atoms with Gasteiger partial charge in [0.1, 0.15) is 17.3 Å². The number of aryl methyl sites for hydroxylation is 2. The number of anilines is 1. The van der Waals surface area contributed by atoms with E-state index in [2.05, 4.69) is 32.1 Å². The highest BCUT2D eigenvalue weighted by Gasteiger charge is 2.21. The standard InChI is InChI=1S/C30H32N6O5/c1-8-23(21-14-24(38-6)25(39-7)15-22(21)31-5)41-20-10-11-27(33-16-20)34-30(37)28-26(40-9-2)17-36(35-28)29-18(3)12-13-32-19(29)4/h8,10-17H,5,9H2,1-4,6-7H3,(H,33,34,37)/b23-8+. The summed E-state index contributed by atoms with van der Waals surface area (Å²) in [6.07, 6.45) is 6.71. The number of amides is 1. The predicted octanol–water partition coefficient (Wildman–Crippen LogP) is 5.72. The van der Waals surface area contributed by atoms with Crippen LogP contribution in [-0.4, -0.2) is 53.2 Å². The van der Waals surface area contributed by atoms with Crippen LogP contribution in [0.3, 0.4) is 0 Å². The van der Waals surface area contributed by atoms with Gasteiger partial charge >= 0.3 is 0 Å². The normalized spacial score (nSPS) is 11.1. The molecule has 11 nitrogen and oxygen atoms in total. The second-order valence-electron chi connectivity index (χ2n) is 8.75. The van der Waals surface area contributed by atoms with Crippen molar-refractivity contribution in [3.63, 3.8) is 0 Å². The number of aliphatic imine (C=N–C) groups is 1. The van der Waals surface area contributed by atoms with Crippen molar-refractivity contribution in [1.29, 1.82) is 0 Å². The van der Waals surface area contributed by atoms with E-state index in [1.165, 1.54) is 6.20 Å². The molecule has 1 N–H and O–H groups in total. The van der Waals surface area contributed by atoms with Crippen molar-refractivity contribution < 1.29 is 23.7 Å². The Hall–Kier alpha value is -5.19. The number of nitrogens with zero attached hydrogens (tertiary/aromatic N) is 5. The van der Waals surface area contributed by atoms with E-state index in [-0.39, 0.29) is 5.69 Å². The topological polar surface area (TPSA) is 122 Å². The maximum Gasteiger partial charge on any atom is 0.281 e. The molecule has 41 heavy (non-hydrogen) atoms. The molecule has 1 aromatic carbocycles. The first-order valence-corrected chi connectivity index (χ1v) is 12.8. The molecule has 0 bridgehead atoms.